The Morgan fingerprint density at radius 2 is 1.74 bits per heavy atom. The fourth-order valence-corrected chi connectivity index (χ4v) is 2.55. The molecular weight excluding hydrogens is 234 g/mol. The van der Waals surface area contributed by atoms with E-state index in [2.05, 4.69) is 63.3 Å². The molecule has 1 aromatic rings. The molecule has 1 rings (SSSR count). The third kappa shape index (κ3) is 4.96. The molecule has 0 bridgehead atoms. The Morgan fingerprint density at radius 1 is 1.11 bits per heavy atom. The van der Waals surface area contributed by atoms with Crippen LogP contribution >= 0.6 is 0 Å². The lowest BCUT2D eigenvalue weighted by atomic mass is 9.80. The number of nitrogens with one attached hydrogen (secondary N) is 1. The fourth-order valence-electron chi connectivity index (χ4n) is 2.55. The van der Waals surface area contributed by atoms with E-state index in [4.69, 9.17) is 4.74 Å². The zero-order valence-corrected chi connectivity index (χ0v) is 13.0. The van der Waals surface area contributed by atoms with E-state index < -0.39 is 0 Å². The van der Waals surface area contributed by atoms with Crippen molar-refractivity contribution in [3.8, 4) is 0 Å². The van der Waals surface area contributed by atoms with E-state index in [0.717, 1.165) is 6.61 Å². The van der Waals surface area contributed by atoms with Gasteiger partial charge in [0, 0.05) is 12.0 Å². The van der Waals surface area contributed by atoms with Crippen LogP contribution in [-0.4, -0.2) is 25.8 Å². The second-order valence-electron chi connectivity index (χ2n) is 5.60. The van der Waals surface area contributed by atoms with Crippen molar-refractivity contribution < 1.29 is 4.74 Å². The van der Waals surface area contributed by atoms with Gasteiger partial charge in [0.1, 0.15) is 0 Å². The first-order chi connectivity index (χ1) is 9.10. The average Bonchev–Trinajstić information content (AvgIpc) is 2.43. The van der Waals surface area contributed by atoms with Gasteiger partial charge >= 0.3 is 0 Å². The molecule has 108 valence electrons. The maximum atomic E-state index is 5.83. The molecule has 0 saturated carbocycles. The van der Waals surface area contributed by atoms with E-state index >= 15 is 0 Å². The van der Waals surface area contributed by atoms with Crippen molar-refractivity contribution in [3.05, 3.63) is 35.9 Å². The summed E-state index contributed by atoms with van der Waals surface area (Å²) in [5, 5.41) is 3.45. The normalized spacial score (nSPS) is 16.3. The second kappa shape index (κ2) is 8.34. The van der Waals surface area contributed by atoms with Crippen LogP contribution in [0.5, 0.6) is 0 Å². The minimum atomic E-state index is 0.282. The van der Waals surface area contributed by atoms with Crippen LogP contribution in [0.4, 0.5) is 0 Å². The van der Waals surface area contributed by atoms with Gasteiger partial charge in [0.2, 0.25) is 0 Å². The molecule has 0 radical (unpaired) electrons. The van der Waals surface area contributed by atoms with E-state index in [1.54, 1.807) is 0 Å². The molecule has 0 heterocycles. The average molecular weight is 263 g/mol. The topological polar surface area (TPSA) is 21.3 Å². The highest BCUT2D eigenvalue weighted by Crippen LogP contribution is 2.30. The van der Waals surface area contributed by atoms with Crippen LogP contribution in [0.2, 0.25) is 0 Å². The van der Waals surface area contributed by atoms with Crippen LogP contribution in [0, 0.1) is 5.92 Å². The first-order valence-corrected chi connectivity index (χ1v) is 7.43. The summed E-state index contributed by atoms with van der Waals surface area (Å²) in [6, 6.07) is 11.2. The first-order valence-electron chi connectivity index (χ1n) is 7.43. The number of hydrogen-bond acceptors (Lipinski definition) is 2. The van der Waals surface area contributed by atoms with Crippen molar-refractivity contribution in [2.45, 2.75) is 52.2 Å². The molecule has 0 fully saturated rings. The van der Waals surface area contributed by atoms with Crippen molar-refractivity contribution in [1.82, 2.24) is 5.32 Å². The van der Waals surface area contributed by atoms with Crippen molar-refractivity contribution in [1.29, 1.82) is 0 Å². The molecule has 0 saturated heterocycles. The summed E-state index contributed by atoms with van der Waals surface area (Å²) in [4.78, 5) is 0. The van der Waals surface area contributed by atoms with Crippen LogP contribution < -0.4 is 5.32 Å². The monoisotopic (exact) mass is 263 g/mol. The van der Waals surface area contributed by atoms with Crippen LogP contribution in [0.25, 0.3) is 0 Å². The molecule has 1 aromatic carbocycles. The molecule has 3 atom stereocenters. The van der Waals surface area contributed by atoms with E-state index in [0.29, 0.717) is 17.9 Å². The molecule has 3 unspecified atom stereocenters. The lowest BCUT2D eigenvalue weighted by Crippen LogP contribution is -2.39. The van der Waals surface area contributed by atoms with Gasteiger partial charge in [-0.25, -0.2) is 0 Å². The molecule has 0 aliphatic carbocycles. The van der Waals surface area contributed by atoms with Crippen molar-refractivity contribution in [2.24, 2.45) is 5.92 Å². The van der Waals surface area contributed by atoms with Crippen LogP contribution in [-0.2, 0) is 4.74 Å². The van der Waals surface area contributed by atoms with E-state index in [9.17, 15) is 0 Å². The Labute approximate surface area is 118 Å². The highest BCUT2D eigenvalue weighted by molar-refractivity contribution is 5.22. The number of benzene rings is 1. The lowest BCUT2D eigenvalue weighted by Gasteiger charge is -2.32. The van der Waals surface area contributed by atoms with Gasteiger partial charge in [-0.05, 0) is 32.4 Å². The molecular formula is C17H29NO. The van der Waals surface area contributed by atoms with Gasteiger partial charge < -0.3 is 10.1 Å². The molecule has 19 heavy (non-hydrogen) atoms. The van der Waals surface area contributed by atoms with Gasteiger partial charge in [-0.1, -0.05) is 50.6 Å². The van der Waals surface area contributed by atoms with E-state index in [-0.39, 0.29) is 6.10 Å². The maximum absolute atomic E-state index is 5.83. The van der Waals surface area contributed by atoms with Crippen LogP contribution in [0.3, 0.4) is 0 Å². The number of hydrogen-bond donors (Lipinski definition) is 1. The zero-order chi connectivity index (χ0) is 14.3. The van der Waals surface area contributed by atoms with Crippen molar-refractivity contribution >= 4 is 0 Å². The Morgan fingerprint density at radius 3 is 2.21 bits per heavy atom. The largest absolute Gasteiger partial charge is 0.377 e. The van der Waals surface area contributed by atoms with Gasteiger partial charge in [0.25, 0.3) is 0 Å². The quantitative estimate of drug-likeness (QED) is 0.769. The summed E-state index contributed by atoms with van der Waals surface area (Å²) in [6.07, 6.45) is 1.46. The molecule has 1 N–H and O–H groups in total. The maximum Gasteiger partial charge on any atom is 0.0629 e. The molecule has 2 heteroatoms. The molecule has 0 spiro atoms. The first kappa shape index (κ1) is 16.2. The SMILES string of the molecule is CCC(C)C(c1ccccc1)C(COC(C)C)NC. The Hall–Kier alpha value is -0.860. The van der Waals surface area contributed by atoms with Gasteiger partial charge in [0.05, 0.1) is 12.7 Å². The second-order valence-corrected chi connectivity index (χ2v) is 5.60. The number of likely N-dealkylation sites (N-methyl/N-ethyl adjacent to an activating group) is 1. The van der Waals surface area contributed by atoms with Crippen LogP contribution in [0.15, 0.2) is 30.3 Å². The summed E-state index contributed by atoms with van der Waals surface area (Å²) < 4.78 is 5.83. The predicted molar refractivity (Wildman–Crippen MR) is 82.6 cm³/mol. The molecule has 0 aliphatic heterocycles. The standard InChI is InChI=1S/C17H29NO/c1-6-14(4)17(15-10-8-7-9-11-15)16(18-5)12-19-13(2)3/h7-11,13-14,16-18H,6,12H2,1-5H3. The summed E-state index contributed by atoms with van der Waals surface area (Å²) in [5.74, 6) is 1.13. The van der Waals surface area contributed by atoms with Crippen molar-refractivity contribution in [3.63, 3.8) is 0 Å². The highest BCUT2D eigenvalue weighted by atomic mass is 16.5. The van der Waals surface area contributed by atoms with Crippen molar-refractivity contribution in [2.75, 3.05) is 13.7 Å². The van der Waals surface area contributed by atoms with E-state index in [1.807, 2.05) is 7.05 Å². The Balaban J connectivity index is 2.88. The molecule has 0 aliphatic rings. The lowest BCUT2D eigenvalue weighted by molar-refractivity contribution is 0.0525. The van der Waals surface area contributed by atoms with Gasteiger partial charge in [-0.3, -0.25) is 0 Å². The number of rotatable bonds is 8. The smallest absolute Gasteiger partial charge is 0.0629 e. The van der Waals surface area contributed by atoms with Crippen LogP contribution in [0.1, 0.15) is 45.6 Å². The summed E-state index contributed by atoms with van der Waals surface area (Å²) in [6.45, 7) is 9.53. The Kier molecular flexibility index (Phi) is 7.11. The van der Waals surface area contributed by atoms with Gasteiger partial charge in [0.15, 0.2) is 0 Å². The summed E-state index contributed by atoms with van der Waals surface area (Å²) >= 11 is 0. The van der Waals surface area contributed by atoms with Gasteiger partial charge in [-0.2, -0.15) is 0 Å². The highest BCUT2D eigenvalue weighted by Gasteiger charge is 2.26. The molecule has 0 aromatic heterocycles. The minimum absolute atomic E-state index is 0.282. The fraction of sp³-hybridized carbons (Fsp3) is 0.647. The third-order valence-corrected chi connectivity index (χ3v) is 3.85. The number of ether oxygens (including phenoxy) is 1. The molecule has 2 nitrogen and oxygen atoms in total. The zero-order valence-electron chi connectivity index (χ0n) is 13.0. The summed E-state index contributed by atoms with van der Waals surface area (Å²) in [7, 11) is 2.03. The predicted octanol–water partition coefficient (Wildman–Crippen LogP) is 3.83. The van der Waals surface area contributed by atoms with E-state index in [1.165, 1.54) is 12.0 Å². The molecule has 0 amide bonds. The van der Waals surface area contributed by atoms with Gasteiger partial charge in [-0.15, -0.1) is 0 Å². The summed E-state index contributed by atoms with van der Waals surface area (Å²) in [5.41, 5.74) is 1.41. The third-order valence-electron chi connectivity index (χ3n) is 3.85. The minimum Gasteiger partial charge on any atom is -0.377 e. The Bertz CT molecular complexity index is 336.